The predicted molar refractivity (Wildman–Crippen MR) is 108 cm³/mol. The predicted octanol–water partition coefficient (Wildman–Crippen LogP) is 3.91. The van der Waals surface area contributed by atoms with Crippen LogP contribution >= 0.6 is 15.9 Å². The fourth-order valence-electron chi connectivity index (χ4n) is 2.68. The van der Waals surface area contributed by atoms with Crippen LogP contribution in [0.25, 0.3) is 22.8 Å². The number of aromatic nitrogens is 3. The molecule has 0 saturated heterocycles. The van der Waals surface area contributed by atoms with Gasteiger partial charge in [0.1, 0.15) is 12.2 Å². The van der Waals surface area contributed by atoms with Gasteiger partial charge in [0.2, 0.25) is 11.8 Å². The largest absolute Gasteiger partial charge is 0.481 e. The molecule has 0 radical (unpaired) electrons. The Labute approximate surface area is 166 Å². The summed E-state index contributed by atoms with van der Waals surface area (Å²) in [6, 6.07) is 13.4. The molecule has 2 aromatic heterocycles. The lowest BCUT2D eigenvalue weighted by molar-refractivity contribution is -0.122. The van der Waals surface area contributed by atoms with E-state index in [1.165, 1.54) is 0 Å². The molecule has 0 spiro atoms. The Morgan fingerprint density at radius 2 is 1.89 bits per heavy atom. The lowest BCUT2D eigenvalue weighted by atomic mass is 10.2. The van der Waals surface area contributed by atoms with Crippen molar-refractivity contribution in [1.82, 2.24) is 19.9 Å². The van der Waals surface area contributed by atoms with Gasteiger partial charge in [0, 0.05) is 28.3 Å². The van der Waals surface area contributed by atoms with E-state index in [-0.39, 0.29) is 18.5 Å². The molecule has 2 heterocycles. The first-order chi connectivity index (χ1) is 13.0. The second kappa shape index (κ2) is 8.35. The number of rotatable bonds is 6. The second-order valence-corrected chi connectivity index (χ2v) is 7.29. The molecule has 0 bridgehead atoms. The lowest BCUT2D eigenvalue weighted by Crippen LogP contribution is -2.33. The minimum Gasteiger partial charge on any atom is -0.481 e. The number of halogens is 1. The number of ether oxygens (including phenoxy) is 1. The lowest BCUT2D eigenvalue weighted by Gasteiger charge is -2.11. The van der Waals surface area contributed by atoms with Crippen LogP contribution in [-0.2, 0) is 11.3 Å². The van der Waals surface area contributed by atoms with Crippen LogP contribution in [0.1, 0.15) is 13.8 Å². The number of hydrogen-bond donors (Lipinski definition) is 1. The third kappa shape index (κ3) is 4.74. The van der Waals surface area contributed by atoms with Crippen LogP contribution < -0.4 is 10.1 Å². The average Bonchev–Trinajstić information content (AvgIpc) is 3.05. The highest BCUT2D eigenvalue weighted by atomic mass is 79.9. The maximum absolute atomic E-state index is 12.3. The quantitative estimate of drug-likeness (QED) is 0.645. The van der Waals surface area contributed by atoms with Crippen LogP contribution in [0.4, 0.5) is 0 Å². The smallest absolute Gasteiger partial charge is 0.240 e. The molecule has 0 fully saturated rings. The topological polar surface area (TPSA) is 69.0 Å². The molecular formula is C20H21BrN4O2. The number of amides is 1. The highest BCUT2D eigenvalue weighted by molar-refractivity contribution is 9.10. The standard InChI is InChI=1S/C20H21BrN4O2/c1-13(2)22-18(26)12-25-11-17(14-7-9-15(21)10-8-14)24-20(25)16-5-4-6-19(23-16)27-3/h4-11,13H,12H2,1-3H3,(H,22,26). The highest BCUT2D eigenvalue weighted by Crippen LogP contribution is 2.26. The molecule has 3 aromatic rings. The zero-order chi connectivity index (χ0) is 19.4. The van der Waals surface area contributed by atoms with Crippen molar-refractivity contribution in [1.29, 1.82) is 0 Å². The van der Waals surface area contributed by atoms with Gasteiger partial charge in [0.25, 0.3) is 0 Å². The van der Waals surface area contributed by atoms with Gasteiger partial charge < -0.3 is 14.6 Å². The summed E-state index contributed by atoms with van der Waals surface area (Å²) in [6.07, 6.45) is 1.87. The summed E-state index contributed by atoms with van der Waals surface area (Å²) in [4.78, 5) is 21.5. The maximum atomic E-state index is 12.3. The fourth-order valence-corrected chi connectivity index (χ4v) is 2.94. The van der Waals surface area contributed by atoms with E-state index in [1.54, 1.807) is 13.2 Å². The number of nitrogens with zero attached hydrogens (tertiary/aromatic N) is 3. The molecule has 0 aliphatic carbocycles. The number of hydrogen-bond acceptors (Lipinski definition) is 4. The van der Waals surface area contributed by atoms with Crippen LogP contribution in [0.5, 0.6) is 5.88 Å². The summed E-state index contributed by atoms with van der Waals surface area (Å²) in [7, 11) is 1.57. The molecular weight excluding hydrogens is 408 g/mol. The van der Waals surface area contributed by atoms with Crippen molar-refractivity contribution >= 4 is 21.8 Å². The Hall–Kier alpha value is -2.67. The Morgan fingerprint density at radius 3 is 2.56 bits per heavy atom. The maximum Gasteiger partial charge on any atom is 0.240 e. The average molecular weight is 429 g/mol. The summed E-state index contributed by atoms with van der Waals surface area (Å²) in [5, 5.41) is 2.91. The van der Waals surface area contributed by atoms with Crippen LogP contribution in [0, 0.1) is 0 Å². The van der Waals surface area contributed by atoms with Crippen molar-refractivity contribution in [2.45, 2.75) is 26.4 Å². The van der Waals surface area contributed by atoms with E-state index in [1.807, 2.05) is 61.0 Å². The summed E-state index contributed by atoms with van der Waals surface area (Å²) in [6.45, 7) is 4.03. The van der Waals surface area contributed by atoms with E-state index in [9.17, 15) is 4.79 Å². The van der Waals surface area contributed by atoms with Gasteiger partial charge in [-0.3, -0.25) is 4.79 Å². The number of nitrogens with one attached hydrogen (secondary N) is 1. The van der Waals surface area contributed by atoms with Gasteiger partial charge in [0.05, 0.1) is 12.8 Å². The molecule has 140 valence electrons. The van der Waals surface area contributed by atoms with E-state index in [4.69, 9.17) is 9.72 Å². The zero-order valence-corrected chi connectivity index (χ0v) is 17.0. The van der Waals surface area contributed by atoms with Crippen molar-refractivity contribution in [3.05, 3.63) is 53.1 Å². The Bertz CT molecular complexity index is 935. The molecule has 0 aliphatic heterocycles. The molecule has 0 unspecified atom stereocenters. The molecule has 1 amide bonds. The first kappa shape index (κ1) is 19.1. The van der Waals surface area contributed by atoms with Crippen LogP contribution in [0.15, 0.2) is 53.1 Å². The third-order valence-electron chi connectivity index (χ3n) is 3.84. The number of methoxy groups -OCH3 is 1. The number of carbonyl (C=O) groups excluding carboxylic acids is 1. The monoisotopic (exact) mass is 428 g/mol. The van der Waals surface area contributed by atoms with E-state index in [2.05, 4.69) is 26.2 Å². The van der Waals surface area contributed by atoms with Crippen LogP contribution in [-0.4, -0.2) is 33.6 Å². The van der Waals surface area contributed by atoms with Gasteiger partial charge in [-0.05, 0) is 32.0 Å². The zero-order valence-electron chi connectivity index (χ0n) is 15.4. The number of pyridine rings is 1. The van der Waals surface area contributed by atoms with Crippen molar-refractivity contribution in [3.8, 4) is 28.7 Å². The molecule has 7 heteroatoms. The third-order valence-corrected chi connectivity index (χ3v) is 4.37. The van der Waals surface area contributed by atoms with Gasteiger partial charge in [-0.1, -0.05) is 34.1 Å². The van der Waals surface area contributed by atoms with Crippen LogP contribution in [0.3, 0.4) is 0 Å². The molecule has 1 N–H and O–H groups in total. The van der Waals surface area contributed by atoms with Gasteiger partial charge in [-0.15, -0.1) is 0 Å². The van der Waals surface area contributed by atoms with E-state index >= 15 is 0 Å². The van der Waals surface area contributed by atoms with Gasteiger partial charge in [-0.25, -0.2) is 9.97 Å². The van der Waals surface area contributed by atoms with E-state index in [0.717, 1.165) is 15.7 Å². The summed E-state index contributed by atoms with van der Waals surface area (Å²) in [5.74, 6) is 1.04. The van der Waals surface area contributed by atoms with Crippen LogP contribution in [0.2, 0.25) is 0 Å². The molecule has 6 nitrogen and oxygen atoms in total. The van der Waals surface area contributed by atoms with Gasteiger partial charge >= 0.3 is 0 Å². The molecule has 0 atom stereocenters. The minimum atomic E-state index is -0.0751. The molecule has 0 saturated carbocycles. The summed E-state index contributed by atoms with van der Waals surface area (Å²) in [5.41, 5.74) is 2.39. The Kier molecular flexibility index (Phi) is 5.91. The molecule has 1 aromatic carbocycles. The molecule has 0 aliphatic rings. The summed E-state index contributed by atoms with van der Waals surface area (Å²) >= 11 is 3.44. The van der Waals surface area contributed by atoms with Gasteiger partial charge in [-0.2, -0.15) is 0 Å². The summed E-state index contributed by atoms with van der Waals surface area (Å²) < 4.78 is 8.04. The van der Waals surface area contributed by atoms with Gasteiger partial charge in [0.15, 0.2) is 5.82 Å². The number of benzene rings is 1. The van der Waals surface area contributed by atoms with Crippen molar-refractivity contribution in [2.24, 2.45) is 0 Å². The van der Waals surface area contributed by atoms with E-state index < -0.39 is 0 Å². The van der Waals surface area contributed by atoms with E-state index in [0.29, 0.717) is 17.4 Å². The second-order valence-electron chi connectivity index (χ2n) is 6.37. The number of carbonyl (C=O) groups is 1. The minimum absolute atomic E-state index is 0.0744. The Morgan fingerprint density at radius 1 is 1.15 bits per heavy atom. The Balaban J connectivity index is 2.02. The van der Waals surface area contributed by atoms with Crippen molar-refractivity contribution in [3.63, 3.8) is 0 Å². The fraction of sp³-hybridized carbons (Fsp3) is 0.250. The first-order valence-electron chi connectivity index (χ1n) is 8.60. The molecule has 3 rings (SSSR count). The SMILES string of the molecule is COc1cccc(-c2nc(-c3ccc(Br)cc3)cn2CC(=O)NC(C)C)n1. The number of imidazole rings is 1. The first-order valence-corrected chi connectivity index (χ1v) is 9.39. The highest BCUT2D eigenvalue weighted by Gasteiger charge is 2.16. The van der Waals surface area contributed by atoms with Crippen molar-refractivity contribution < 1.29 is 9.53 Å². The normalized spacial score (nSPS) is 10.9. The molecule has 27 heavy (non-hydrogen) atoms. The van der Waals surface area contributed by atoms with Crippen molar-refractivity contribution in [2.75, 3.05) is 7.11 Å².